The molecule has 0 fully saturated rings. The lowest BCUT2D eigenvalue weighted by atomic mass is 10.1. The number of nitrogens with one attached hydrogen (secondary N) is 1. The maximum absolute atomic E-state index is 8.61. The molecule has 0 heterocycles. The van der Waals surface area contributed by atoms with Gasteiger partial charge in [0.15, 0.2) is 0 Å². The first-order valence-corrected chi connectivity index (χ1v) is 4.83. The van der Waals surface area contributed by atoms with Crippen LogP contribution in [-0.2, 0) is 4.84 Å². The van der Waals surface area contributed by atoms with Crippen LogP contribution in [0.5, 0.6) is 0 Å². The summed E-state index contributed by atoms with van der Waals surface area (Å²) in [4.78, 5) is 6.51. The van der Waals surface area contributed by atoms with Gasteiger partial charge in [-0.15, -0.1) is 0 Å². The van der Waals surface area contributed by atoms with Gasteiger partial charge in [0.05, 0.1) is 24.4 Å². The van der Waals surface area contributed by atoms with E-state index in [1.165, 1.54) is 0 Å². The Hall–Kier alpha value is -1.31. The van der Waals surface area contributed by atoms with Crippen molar-refractivity contribution in [3.63, 3.8) is 0 Å². The zero-order chi connectivity index (χ0) is 10.4. The van der Waals surface area contributed by atoms with Crippen LogP contribution in [0.3, 0.4) is 0 Å². The van der Waals surface area contributed by atoms with Crippen LogP contribution in [0.1, 0.15) is 11.1 Å². The first-order valence-electron chi connectivity index (χ1n) is 3.91. The molecule has 4 heteroatoms. The molecule has 1 aromatic carbocycles. The Kier molecular flexibility index (Phi) is 4.17. The van der Waals surface area contributed by atoms with Crippen LogP contribution >= 0.6 is 15.9 Å². The van der Waals surface area contributed by atoms with Crippen molar-refractivity contribution in [1.82, 2.24) is 5.48 Å². The van der Waals surface area contributed by atoms with Crippen LogP contribution in [0.25, 0.3) is 5.70 Å². The monoisotopic (exact) mass is 252 g/mol. The van der Waals surface area contributed by atoms with Crippen LogP contribution in [0.15, 0.2) is 29.3 Å². The summed E-state index contributed by atoms with van der Waals surface area (Å²) in [5, 5.41) is 8.61. The molecule has 1 aromatic rings. The van der Waals surface area contributed by atoms with E-state index in [0.717, 1.165) is 11.3 Å². The number of nitriles is 1. The highest BCUT2D eigenvalue weighted by Gasteiger charge is 1.99. The Labute approximate surface area is 91.1 Å². The lowest BCUT2D eigenvalue weighted by Gasteiger charge is -2.07. The van der Waals surface area contributed by atoms with Gasteiger partial charge in [-0.05, 0) is 12.1 Å². The zero-order valence-corrected chi connectivity index (χ0v) is 9.21. The molecule has 0 saturated heterocycles. The summed E-state index contributed by atoms with van der Waals surface area (Å²) in [5.74, 6) is 0. The first kappa shape index (κ1) is 10.8. The molecule has 0 aliphatic heterocycles. The van der Waals surface area contributed by atoms with Gasteiger partial charge in [0, 0.05) is 10.5 Å². The number of hydroxylamine groups is 1. The van der Waals surface area contributed by atoms with Gasteiger partial charge in [0.25, 0.3) is 0 Å². The van der Waals surface area contributed by atoms with Gasteiger partial charge in [-0.3, -0.25) is 10.3 Å². The summed E-state index contributed by atoms with van der Waals surface area (Å²) in [7, 11) is 1.54. The molecule has 72 valence electrons. The van der Waals surface area contributed by atoms with Crippen molar-refractivity contribution in [3.8, 4) is 6.07 Å². The predicted molar refractivity (Wildman–Crippen MR) is 58.2 cm³/mol. The van der Waals surface area contributed by atoms with Gasteiger partial charge in [-0.1, -0.05) is 28.1 Å². The Morgan fingerprint density at radius 2 is 2.14 bits per heavy atom. The summed E-state index contributed by atoms with van der Waals surface area (Å²) in [5.41, 5.74) is 5.11. The van der Waals surface area contributed by atoms with E-state index < -0.39 is 0 Å². The standard InChI is InChI=1S/C10H9BrN2O/c1-14-13-10(6-11)9-4-2-8(7-12)3-5-9/h2-6,13H,1H3. The van der Waals surface area contributed by atoms with Crippen LogP contribution in [0.2, 0.25) is 0 Å². The number of rotatable bonds is 3. The van der Waals surface area contributed by atoms with Gasteiger partial charge in [-0.2, -0.15) is 5.26 Å². The molecule has 1 N–H and O–H groups in total. The van der Waals surface area contributed by atoms with Crippen LogP contribution < -0.4 is 5.48 Å². The van der Waals surface area contributed by atoms with Gasteiger partial charge < -0.3 is 0 Å². The third kappa shape index (κ3) is 2.59. The second-order valence-electron chi connectivity index (χ2n) is 2.52. The average Bonchev–Trinajstić information content (AvgIpc) is 2.26. The Morgan fingerprint density at radius 1 is 1.50 bits per heavy atom. The van der Waals surface area contributed by atoms with E-state index in [2.05, 4.69) is 27.5 Å². The van der Waals surface area contributed by atoms with Crippen molar-refractivity contribution in [1.29, 1.82) is 5.26 Å². The molecule has 3 nitrogen and oxygen atoms in total. The summed E-state index contributed by atoms with van der Waals surface area (Å²) in [6, 6.07) is 9.26. The highest BCUT2D eigenvalue weighted by molar-refractivity contribution is 9.11. The summed E-state index contributed by atoms with van der Waals surface area (Å²) in [6.45, 7) is 0. The minimum Gasteiger partial charge on any atom is -0.279 e. The van der Waals surface area contributed by atoms with Crippen molar-refractivity contribution in [2.24, 2.45) is 0 Å². The largest absolute Gasteiger partial charge is 0.279 e. The predicted octanol–water partition coefficient (Wildman–Crippen LogP) is 2.40. The van der Waals surface area contributed by atoms with E-state index in [-0.39, 0.29) is 0 Å². The molecular weight excluding hydrogens is 244 g/mol. The number of halogens is 1. The lowest BCUT2D eigenvalue weighted by molar-refractivity contribution is 0.137. The quantitative estimate of drug-likeness (QED) is 0.841. The van der Waals surface area contributed by atoms with Gasteiger partial charge in [0.1, 0.15) is 0 Å². The summed E-state index contributed by atoms with van der Waals surface area (Å²) < 4.78 is 0. The second kappa shape index (κ2) is 5.43. The van der Waals surface area contributed by atoms with Crippen molar-refractivity contribution >= 4 is 21.6 Å². The molecule has 14 heavy (non-hydrogen) atoms. The third-order valence-electron chi connectivity index (χ3n) is 1.65. The fourth-order valence-corrected chi connectivity index (χ4v) is 1.34. The molecule has 0 spiro atoms. The Balaban J connectivity index is 2.91. The van der Waals surface area contributed by atoms with Crippen molar-refractivity contribution in [2.75, 3.05) is 7.11 Å². The number of hydrogen-bond donors (Lipinski definition) is 1. The Bertz CT molecular complexity index is 365. The van der Waals surface area contributed by atoms with Crippen LogP contribution in [0, 0.1) is 11.3 Å². The normalized spacial score (nSPS) is 10.8. The molecule has 0 radical (unpaired) electrons. The number of hydrogen-bond acceptors (Lipinski definition) is 3. The van der Waals surface area contributed by atoms with Crippen molar-refractivity contribution < 1.29 is 4.84 Å². The fourth-order valence-electron chi connectivity index (χ4n) is 0.978. The molecule has 0 saturated carbocycles. The van der Waals surface area contributed by atoms with Crippen molar-refractivity contribution in [2.45, 2.75) is 0 Å². The highest BCUT2D eigenvalue weighted by Crippen LogP contribution is 2.13. The molecule has 0 aromatic heterocycles. The van der Waals surface area contributed by atoms with E-state index in [1.807, 2.05) is 12.1 Å². The van der Waals surface area contributed by atoms with E-state index in [9.17, 15) is 0 Å². The third-order valence-corrected chi connectivity index (χ3v) is 2.10. The fraction of sp³-hybridized carbons (Fsp3) is 0.100. The van der Waals surface area contributed by atoms with Gasteiger partial charge in [-0.25, -0.2) is 0 Å². The second-order valence-corrected chi connectivity index (χ2v) is 2.98. The minimum absolute atomic E-state index is 0.639. The molecule has 0 aliphatic carbocycles. The molecular formula is C10H9BrN2O. The molecule has 1 rings (SSSR count). The van der Waals surface area contributed by atoms with Gasteiger partial charge in [0.2, 0.25) is 0 Å². The van der Waals surface area contributed by atoms with E-state index in [1.54, 1.807) is 24.2 Å². The SMILES string of the molecule is CONC(=CBr)c1ccc(C#N)cc1. The molecule has 0 aliphatic rings. The lowest BCUT2D eigenvalue weighted by Crippen LogP contribution is -2.09. The number of nitrogens with zero attached hydrogens (tertiary/aromatic N) is 1. The number of benzene rings is 1. The molecule has 0 bridgehead atoms. The zero-order valence-electron chi connectivity index (χ0n) is 7.62. The van der Waals surface area contributed by atoms with Crippen LogP contribution in [0.4, 0.5) is 0 Å². The smallest absolute Gasteiger partial charge is 0.0991 e. The van der Waals surface area contributed by atoms with E-state index in [0.29, 0.717) is 5.56 Å². The minimum atomic E-state index is 0.639. The average molecular weight is 253 g/mol. The molecule has 0 atom stereocenters. The van der Waals surface area contributed by atoms with Crippen molar-refractivity contribution in [3.05, 3.63) is 40.4 Å². The van der Waals surface area contributed by atoms with Crippen LogP contribution in [-0.4, -0.2) is 7.11 Å². The van der Waals surface area contributed by atoms with E-state index in [4.69, 9.17) is 10.1 Å². The molecule has 0 unspecified atom stereocenters. The summed E-state index contributed by atoms with van der Waals surface area (Å²) in [6.07, 6.45) is 0. The maximum Gasteiger partial charge on any atom is 0.0991 e. The summed E-state index contributed by atoms with van der Waals surface area (Å²) >= 11 is 3.22. The molecule has 0 amide bonds. The Morgan fingerprint density at radius 3 is 2.57 bits per heavy atom. The highest BCUT2D eigenvalue weighted by atomic mass is 79.9. The maximum atomic E-state index is 8.61. The first-order chi connectivity index (χ1) is 6.81. The topological polar surface area (TPSA) is 45.0 Å². The van der Waals surface area contributed by atoms with E-state index >= 15 is 0 Å². The van der Waals surface area contributed by atoms with Gasteiger partial charge >= 0.3 is 0 Å².